The van der Waals surface area contributed by atoms with Crippen LogP contribution in [-0.2, 0) is 100 Å². The average molecular weight is 876 g/mol. The van der Waals surface area contributed by atoms with Crippen molar-refractivity contribution >= 4 is 51.8 Å². The summed E-state index contributed by atoms with van der Waals surface area (Å²) >= 11 is 0. The molecule has 3 heterocycles. The fourth-order valence-corrected chi connectivity index (χ4v) is 7.70. The van der Waals surface area contributed by atoms with Crippen LogP contribution in [0.1, 0.15) is 48.5 Å². The molecule has 0 aliphatic carbocycles. The molecule has 0 radical (unpaired) electrons. The van der Waals surface area contributed by atoms with Crippen molar-refractivity contribution in [3.63, 3.8) is 0 Å². The van der Waals surface area contributed by atoms with Gasteiger partial charge in [0.05, 0.1) is 0 Å². The smallest absolute Gasteiger partial charge is 0.303 e. The second-order valence-electron chi connectivity index (χ2n) is 13.3. The van der Waals surface area contributed by atoms with Gasteiger partial charge in [0, 0.05) is 62.1 Å². The third-order valence-electron chi connectivity index (χ3n) is 8.58. The zero-order chi connectivity index (χ0) is 44.5. The standard InChI is InChI=1S/C33H49NO24S/c1-12(35)48-10-20-25(50-14(3)37)27(51-15(4)38)29(53-17(6)40)32(56-20)58-26-21(11-49-13(2)36)57-33(30(54-18(7)41)28(26)52-16(5)39)59(45,46)34-9-19-22(42)23(43)24(44)31(47-8)55-19/h19-34,42-44H,9-11H2,1-8H3/t19-,20-,21-,22-,23+,24-,25+,26-,27+,28+,29-,30-,31+,32+,33+/m1/s1. The van der Waals surface area contributed by atoms with Crippen LogP contribution in [0.25, 0.3) is 0 Å². The number of rotatable bonds is 16. The Labute approximate surface area is 337 Å². The Morgan fingerprint density at radius 2 is 0.932 bits per heavy atom. The molecular weight excluding hydrogens is 826 g/mol. The maximum Gasteiger partial charge on any atom is 0.303 e. The lowest BCUT2D eigenvalue weighted by Gasteiger charge is -2.48. The molecule has 4 N–H and O–H groups in total. The van der Waals surface area contributed by atoms with Crippen LogP contribution in [0.2, 0.25) is 0 Å². The van der Waals surface area contributed by atoms with Crippen LogP contribution < -0.4 is 4.72 Å². The quantitative estimate of drug-likeness (QED) is 0.0847. The van der Waals surface area contributed by atoms with Crippen molar-refractivity contribution in [3.05, 3.63) is 0 Å². The van der Waals surface area contributed by atoms with Crippen molar-refractivity contribution in [2.24, 2.45) is 0 Å². The largest absolute Gasteiger partial charge is 0.463 e. The molecule has 3 rings (SSSR count). The van der Waals surface area contributed by atoms with Crippen molar-refractivity contribution in [2.75, 3.05) is 26.9 Å². The number of carbonyl (C=O) groups is 7. The molecule has 0 amide bonds. The van der Waals surface area contributed by atoms with Gasteiger partial charge in [-0.25, -0.2) is 13.1 Å². The van der Waals surface area contributed by atoms with Crippen molar-refractivity contribution in [1.29, 1.82) is 0 Å². The molecule has 59 heavy (non-hydrogen) atoms. The lowest BCUT2D eigenvalue weighted by atomic mass is 9.96. The summed E-state index contributed by atoms with van der Waals surface area (Å²) in [6.07, 6.45) is -25.2. The van der Waals surface area contributed by atoms with Gasteiger partial charge in [-0.1, -0.05) is 0 Å². The first kappa shape index (κ1) is 49.2. The van der Waals surface area contributed by atoms with E-state index >= 15 is 0 Å². The van der Waals surface area contributed by atoms with Gasteiger partial charge in [0.2, 0.25) is 15.5 Å². The number of sulfonamides is 1. The third kappa shape index (κ3) is 13.4. The van der Waals surface area contributed by atoms with Gasteiger partial charge >= 0.3 is 41.8 Å². The molecule has 0 aromatic heterocycles. The molecule has 3 fully saturated rings. The highest BCUT2D eigenvalue weighted by molar-refractivity contribution is 7.90. The van der Waals surface area contributed by atoms with E-state index in [1.807, 2.05) is 0 Å². The Hall–Kier alpha value is -4.12. The molecular formula is C33H49NO24S. The Morgan fingerprint density at radius 1 is 0.508 bits per heavy atom. The number of carbonyl (C=O) groups excluding carboxylic acids is 7. The van der Waals surface area contributed by atoms with Crippen LogP contribution in [0.5, 0.6) is 0 Å². The zero-order valence-corrected chi connectivity index (χ0v) is 33.9. The first-order valence-electron chi connectivity index (χ1n) is 17.8. The maximum absolute atomic E-state index is 14.0. The second-order valence-corrected chi connectivity index (χ2v) is 15.1. The van der Waals surface area contributed by atoms with Crippen molar-refractivity contribution in [2.45, 2.75) is 140 Å². The molecule has 336 valence electrons. The normalized spacial score (nSPS) is 34.7. The van der Waals surface area contributed by atoms with Gasteiger partial charge in [-0.05, 0) is 0 Å². The number of aliphatic hydroxyl groups excluding tert-OH is 3. The SMILES string of the molecule is CO[C@H]1O[C@H](CNS(=O)(=O)[C@@H]2O[C@H](COC(C)=O)[C@@H](O[C@@H]3O[C@H](COC(C)=O)[C@H](OC(C)=O)[C@H](OC(C)=O)[C@H]3OC(C)=O)[C@H](OC(C)=O)[C@H]2OC(C)=O)[C@@H](O)[C@H](O)[C@H]1O. The van der Waals surface area contributed by atoms with E-state index in [0.717, 1.165) is 55.6 Å². The average Bonchev–Trinajstić information content (AvgIpc) is 3.11. The second kappa shape index (κ2) is 21.4. The van der Waals surface area contributed by atoms with Gasteiger partial charge in [-0.15, -0.1) is 0 Å². The molecule has 26 heteroatoms. The van der Waals surface area contributed by atoms with Gasteiger partial charge in [-0.2, -0.15) is 0 Å². The summed E-state index contributed by atoms with van der Waals surface area (Å²) in [5.74, 6) is -6.99. The molecule has 15 atom stereocenters. The Bertz CT molecular complexity index is 1640. The first-order chi connectivity index (χ1) is 27.5. The van der Waals surface area contributed by atoms with Crippen LogP contribution in [0.3, 0.4) is 0 Å². The van der Waals surface area contributed by atoms with E-state index < -0.39 is 163 Å². The zero-order valence-electron chi connectivity index (χ0n) is 33.1. The van der Waals surface area contributed by atoms with E-state index in [1.165, 1.54) is 0 Å². The summed E-state index contributed by atoms with van der Waals surface area (Å²) in [4.78, 5) is 86.1. The van der Waals surface area contributed by atoms with E-state index in [2.05, 4.69) is 4.72 Å². The van der Waals surface area contributed by atoms with E-state index in [-0.39, 0.29) is 0 Å². The summed E-state index contributed by atoms with van der Waals surface area (Å²) < 4.78 is 95.8. The number of esters is 7. The minimum Gasteiger partial charge on any atom is -0.463 e. The molecule has 0 aromatic rings. The van der Waals surface area contributed by atoms with Gasteiger partial charge in [0.25, 0.3) is 0 Å². The van der Waals surface area contributed by atoms with Gasteiger partial charge < -0.3 is 72.2 Å². The van der Waals surface area contributed by atoms with Crippen LogP contribution in [-0.4, -0.2) is 184 Å². The highest BCUT2D eigenvalue weighted by Gasteiger charge is 2.59. The molecule has 0 unspecified atom stereocenters. The van der Waals surface area contributed by atoms with Crippen LogP contribution in [0.15, 0.2) is 0 Å². The number of hydrogen-bond acceptors (Lipinski definition) is 24. The molecule has 0 saturated carbocycles. The molecule has 25 nitrogen and oxygen atoms in total. The lowest BCUT2D eigenvalue weighted by molar-refractivity contribution is -0.341. The molecule has 0 bridgehead atoms. The molecule has 0 aromatic carbocycles. The lowest BCUT2D eigenvalue weighted by Crippen LogP contribution is -2.68. The minimum absolute atomic E-state index is 0.689. The topological polar surface area (TPSA) is 337 Å². The first-order valence-corrected chi connectivity index (χ1v) is 19.3. The Balaban J connectivity index is 2.16. The predicted octanol–water partition coefficient (Wildman–Crippen LogP) is -4.02. The van der Waals surface area contributed by atoms with Crippen molar-refractivity contribution in [1.82, 2.24) is 4.72 Å². The van der Waals surface area contributed by atoms with Gasteiger partial charge in [0.1, 0.15) is 55.9 Å². The van der Waals surface area contributed by atoms with Gasteiger partial charge in [0.15, 0.2) is 43.1 Å². The fourth-order valence-electron chi connectivity index (χ4n) is 6.28. The fraction of sp³-hybridized carbons (Fsp3) is 0.788. The van der Waals surface area contributed by atoms with Crippen molar-refractivity contribution in [3.8, 4) is 0 Å². The van der Waals surface area contributed by atoms with E-state index in [4.69, 9.17) is 56.8 Å². The highest BCUT2D eigenvalue weighted by Crippen LogP contribution is 2.36. The van der Waals surface area contributed by atoms with Crippen LogP contribution >= 0.6 is 0 Å². The number of methoxy groups -OCH3 is 1. The number of ether oxygens (including phenoxy) is 12. The summed E-state index contributed by atoms with van der Waals surface area (Å²) in [5, 5.41) is 30.9. The maximum atomic E-state index is 14.0. The van der Waals surface area contributed by atoms with Crippen LogP contribution in [0.4, 0.5) is 0 Å². The molecule has 0 spiro atoms. The summed E-state index contributed by atoms with van der Waals surface area (Å²) in [6, 6.07) is 0. The van der Waals surface area contributed by atoms with Gasteiger partial charge in [-0.3, -0.25) is 33.6 Å². The third-order valence-corrected chi connectivity index (χ3v) is 10.1. The predicted molar refractivity (Wildman–Crippen MR) is 184 cm³/mol. The highest BCUT2D eigenvalue weighted by atomic mass is 32.2. The molecule has 3 aliphatic heterocycles. The van der Waals surface area contributed by atoms with Crippen LogP contribution in [0, 0.1) is 0 Å². The number of aliphatic hydroxyl groups is 3. The molecule has 3 saturated heterocycles. The Morgan fingerprint density at radius 3 is 1.41 bits per heavy atom. The van der Waals surface area contributed by atoms with Crippen molar-refractivity contribution < 1.29 is 114 Å². The van der Waals surface area contributed by atoms with E-state index in [9.17, 15) is 57.3 Å². The van der Waals surface area contributed by atoms with E-state index in [0.29, 0.717) is 0 Å². The van der Waals surface area contributed by atoms with E-state index in [1.54, 1.807) is 0 Å². The summed E-state index contributed by atoms with van der Waals surface area (Å²) in [7, 11) is -3.90. The minimum atomic E-state index is -5.01. The monoisotopic (exact) mass is 875 g/mol. The number of hydrogen-bond donors (Lipinski definition) is 4. The summed E-state index contributed by atoms with van der Waals surface area (Å²) in [6.45, 7) is 4.29. The summed E-state index contributed by atoms with van der Waals surface area (Å²) in [5.41, 5.74) is -2.36. The molecule has 3 aliphatic rings. The Kier molecular flexibility index (Phi) is 17.9. The number of nitrogens with one attached hydrogen (secondary N) is 1.